The van der Waals surface area contributed by atoms with Crippen LogP contribution < -0.4 is 32.2 Å². The van der Waals surface area contributed by atoms with Crippen molar-refractivity contribution in [2.45, 2.75) is 18.9 Å². The molecule has 0 spiro atoms. The third-order valence-corrected chi connectivity index (χ3v) is 7.50. The van der Waals surface area contributed by atoms with Gasteiger partial charge in [0.2, 0.25) is 5.91 Å². The number of fused-ring (bicyclic) bond motifs is 1. The Hall–Kier alpha value is -4.64. The van der Waals surface area contributed by atoms with Crippen LogP contribution in [0.5, 0.6) is 0 Å². The average molecular weight is 602 g/mol. The summed E-state index contributed by atoms with van der Waals surface area (Å²) >= 11 is 12.4. The lowest BCUT2D eigenvalue weighted by Crippen LogP contribution is -2.36. The van der Waals surface area contributed by atoms with Gasteiger partial charge in [-0.2, -0.15) is 0 Å². The maximum Gasteiger partial charge on any atom is 0.254 e. The predicted octanol–water partition coefficient (Wildman–Crippen LogP) is 4.14. The molecule has 12 heteroatoms. The Kier molecular flexibility index (Phi) is 7.66. The Bertz CT molecular complexity index is 1770. The molecule has 2 aliphatic rings. The van der Waals surface area contributed by atoms with E-state index >= 15 is 0 Å². The van der Waals surface area contributed by atoms with E-state index in [9.17, 15) is 14.4 Å². The smallest absolute Gasteiger partial charge is 0.254 e. The first-order chi connectivity index (χ1) is 20.4. The Morgan fingerprint density at radius 2 is 1.83 bits per heavy atom. The average Bonchev–Trinajstić information content (AvgIpc) is 3.42. The number of hydrazine groups is 2. The van der Waals surface area contributed by atoms with Crippen molar-refractivity contribution in [1.29, 1.82) is 0 Å². The lowest BCUT2D eigenvalue weighted by Gasteiger charge is -2.22. The second-order valence-electron chi connectivity index (χ2n) is 9.84. The third-order valence-electron chi connectivity index (χ3n) is 7.08. The Labute approximate surface area is 250 Å². The second kappa shape index (κ2) is 11.7. The van der Waals surface area contributed by atoms with Crippen LogP contribution in [0.1, 0.15) is 27.5 Å². The number of halogens is 2. The van der Waals surface area contributed by atoms with Gasteiger partial charge < -0.3 is 10.6 Å². The van der Waals surface area contributed by atoms with Crippen molar-refractivity contribution >= 4 is 46.4 Å². The molecule has 10 nitrogen and oxygen atoms in total. The molecular weight excluding hydrogens is 577 g/mol. The van der Waals surface area contributed by atoms with Crippen molar-refractivity contribution in [3.63, 3.8) is 0 Å². The van der Waals surface area contributed by atoms with E-state index in [-0.39, 0.29) is 18.2 Å². The van der Waals surface area contributed by atoms with Crippen molar-refractivity contribution in [3.8, 4) is 11.3 Å². The molecule has 0 fully saturated rings. The molecule has 0 radical (unpaired) electrons. The number of hydrogen-bond acceptors (Lipinski definition) is 7. The monoisotopic (exact) mass is 601 g/mol. The van der Waals surface area contributed by atoms with Crippen LogP contribution in [0, 0.1) is 0 Å². The highest BCUT2D eigenvalue weighted by molar-refractivity contribution is 6.31. The van der Waals surface area contributed by atoms with Crippen molar-refractivity contribution in [2.24, 2.45) is 0 Å². The maximum absolute atomic E-state index is 13.7. The minimum absolute atomic E-state index is 0.132. The molecule has 3 heterocycles. The molecule has 2 amide bonds. The molecule has 0 unspecified atom stereocenters. The summed E-state index contributed by atoms with van der Waals surface area (Å²) in [6.07, 6.45) is 3.95. The van der Waals surface area contributed by atoms with Gasteiger partial charge in [0.15, 0.2) is 0 Å². The molecule has 42 heavy (non-hydrogen) atoms. The van der Waals surface area contributed by atoms with Crippen molar-refractivity contribution in [1.82, 2.24) is 25.8 Å². The number of amides is 2. The van der Waals surface area contributed by atoms with Gasteiger partial charge >= 0.3 is 0 Å². The zero-order valence-electron chi connectivity index (χ0n) is 22.1. The summed E-state index contributed by atoms with van der Waals surface area (Å²) in [7, 11) is 0. The molecule has 0 bridgehead atoms. The second-order valence-corrected chi connectivity index (χ2v) is 10.7. The van der Waals surface area contributed by atoms with E-state index in [0.717, 1.165) is 11.1 Å². The number of benzene rings is 3. The number of rotatable bonds is 7. The molecule has 6 rings (SSSR count). The Balaban J connectivity index is 1.34. The number of anilines is 2. The van der Waals surface area contributed by atoms with E-state index in [2.05, 4.69) is 26.6 Å². The molecule has 212 valence electrons. The summed E-state index contributed by atoms with van der Waals surface area (Å²) < 4.78 is 1.33. The molecule has 4 aromatic rings. The van der Waals surface area contributed by atoms with Gasteiger partial charge in [-0.1, -0.05) is 53.5 Å². The van der Waals surface area contributed by atoms with Gasteiger partial charge in [0.05, 0.1) is 23.9 Å². The fourth-order valence-corrected chi connectivity index (χ4v) is 5.33. The largest absolute Gasteiger partial charge is 0.352 e. The summed E-state index contributed by atoms with van der Waals surface area (Å²) in [5, 5.41) is 8.25. The van der Waals surface area contributed by atoms with Crippen molar-refractivity contribution in [2.75, 3.05) is 16.9 Å². The lowest BCUT2D eigenvalue weighted by molar-refractivity contribution is -0.119. The normalized spacial score (nSPS) is 14.9. The molecule has 1 atom stereocenters. The van der Waals surface area contributed by atoms with Crippen molar-refractivity contribution in [3.05, 3.63) is 123 Å². The summed E-state index contributed by atoms with van der Waals surface area (Å²) in [4.78, 5) is 44.0. The van der Waals surface area contributed by atoms with Gasteiger partial charge in [-0.3, -0.25) is 29.4 Å². The highest BCUT2D eigenvalue weighted by Crippen LogP contribution is 2.32. The van der Waals surface area contributed by atoms with Gasteiger partial charge in [0.1, 0.15) is 11.2 Å². The minimum Gasteiger partial charge on any atom is -0.352 e. The van der Waals surface area contributed by atoms with E-state index in [4.69, 9.17) is 23.2 Å². The molecule has 4 N–H and O–H groups in total. The number of aromatic nitrogens is 2. The first kappa shape index (κ1) is 27.5. The Morgan fingerprint density at radius 3 is 2.60 bits per heavy atom. The predicted molar refractivity (Wildman–Crippen MR) is 162 cm³/mol. The van der Waals surface area contributed by atoms with E-state index in [1.807, 2.05) is 30.3 Å². The van der Waals surface area contributed by atoms with Gasteiger partial charge in [0.25, 0.3) is 11.5 Å². The molecule has 2 aliphatic heterocycles. The summed E-state index contributed by atoms with van der Waals surface area (Å²) in [6, 6.07) is 20.3. The van der Waals surface area contributed by atoms with Crippen LogP contribution in [-0.2, 0) is 17.6 Å². The van der Waals surface area contributed by atoms with Gasteiger partial charge in [-0.15, -0.1) is 5.53 Å². The lowest BCUT2D eigenvalue weighted by atomic mass is 9.99. The number of hydrogen-bond donors (Lipinski definition) is 4. The van der Waals surface area contributed by atoms with Gasteiger partial charge in [-0.05, 0) is 53.9 Å². The standard InChI is InChI=1S/C30H25Cl2N7O3/c31-20-6-9-25(39-16-27(32)36-37-39)23(14-20)24-15-28(40)38(17-34-24)26(12-18-4-2-1-3-5-18)30(42)35-21-7-8-22-19(13-21)10-11-33-29(22)41/h1-9,13-17,26,36-37H,10-12H2,(H,33,41)(H,35,42)/t26-/m0/s1. The molecule has 1 aromatic heterocycles. The van der Waals surface area contributed by atoms with E-state index in [0.29, 0.717) is 51.3 Å². The number of carbonyl (C=O) groups excluding carboxylic acids is 2. The van der Waals surface area contributed by atoms with Crippen LogP contribution in [0.3, 0.4) is 0 Å². The summed E-state index contributed by atoms with van der Waals surface area (Å²) in [5.41, 5.74) is 9.79. The fraction of sp³-hybridized carbons (Fsp3) is 0.133. The molecule has 0 saturated heterocycles. The van der Waals surface area contributed by atoms with E-state index in [1.165, 1.54) is 17.0 Å². The highest BCUT2D eigenvalue weighted by Gasteiger charge is 2.25. The van der Waals surface area contributed by atoms with Crippen LogP contribution in [0.2, 0.25) is 5.02 Å². The molecule has 3 aromatic carbocycles. The van der Waals surface area contributed by atoms with E-state index < -0.39 is 11.6 Å². The van der Waals surface area contributed by atoms with Crippen LogP contribution >= 0.6 is 23.2 Å². The first-order valence-corrected chi connectivity index (χ1v) is 13.9. The zero-order valence-corrected chi connectivity index (χ0v) is 23.6. The van der Waals surface area contributed by atoms with Crippen LogP contribution in [-0.4, -0.2) is 27.9 Å². The molecular formula is C30H25Cl2N7O3. The molecule has 0 saturated carbocycles. The topological polar surface area (TPSA) is 120 Å². The first-order valence-electron chi connectivity index (χ1n) is 13.2. The third kappa shape index (κ3) is 5.73. The summed E-state index contributed by atoms with van der Waals surface area (Å²) in [5.74, 6) is -0.515. The van der Waals surface area contributed by atoms with Crippen LogP contribution in [0.25, 0.3) is 11.3 Å². The van der Waals surface area contributed by atoms with Crippen molar-refractivity contribution < 1.29 is 9.59 Å². The number of carbonyl (C=O) groups is 2. The zero-order chi connectivity index (χ0) is 29.2. The number of nitrogens with zero attached hydrogens (tertiary/aromatic N) is 3. The highest BCUT2D eigenvalue weighted by atomic mass is 35.5. The maximum atomic E-state index is 13.7. The fourth-order valence-electron chi connectivity index (χ4n) is 5.02. The van der Waals surface area contributed by atoms with E-state index in [1.54, 1.807) is 47.6 Å². The number of nitrogens with one attached hydrogen (secondary N) is 4. The van der Waals surface area contributed by atoms with Gasteiger partial charge in [-0.25, -0.2) is 4.98 Å². The molecule has 0 aliphatic carbocycles. The quantitative estimate of drug-likeness (QED) is 0.235. The Morgan fingerprint density at radius 1 is 1.00 bits per heavy atom. The minimum atomic E-state index is -0.897. The SMILES string of the molecule is O=C1NCCc2cc(NC(=O)[C@H](Cc3ccccc3)n3cnc(-c4cc(Cl)ccc4N4C=C(Cl)NN4)cc3=O)ccc21. The van der Waals surface area contributed by atoms with Crippen LogP contribution in [0.15, 0.2) is 95.3 Å². The van der Waals surface area contributed by atoms with Crippen LogP contribution in [0.4, 0.5) is 11.4 Å². The van der Waals surface area contributed by atoms with Gasteiger partial charge in [0, 0.05) is 40.9 Å². The summed E-state index contributed by atoms with van der Waals surface area (Å²) in [6.45, 7) is 0.537.